The van der Waals surface area contributed by atoms with Crippen LogP contribution in [-0.4, -0.2) is 30.5 Å². The van der Waals surface area contributed by atoms with Gasteiger partial charge in [-0.25, -0.2) is 4.39 Å². The van der Waals surface area contributed by atoms with Crippen molar-refractivity contribution in [1.29, 1.82) is 0 Å². The number of ether oxygens (including phenoxy) is 1. The molecule has 0 aromatic heterocycles. The highest BCUT2D eigenvalue weighted by Crippen LogP contribution is 2.20. The van der Waals surface area contributed by atoms with Crippen LogP contribution in [-0.2, 0) is 0 Å². The van der Waals surface area contributed by atoms with E-state index in [1.54, 1.807) is 11.0 Å². The molecule has 1 fully saturated rings. The Kier molecular flexibility index (Phi) is 4.18. The van der Waals surface area contributed by atoms with Gasteiger partial charge in [-0.05, 0) is 25.0 Å². The summed E-state index contributed by atoms with van der Waals surface area (Å²) in [6.45, 7) is 4.11. The van der Waals surface area contributed by atoms with Crippen molar-refractivity contribution in [3.63, 3.8) is 0 Å². The molecular weight excluding hydrogens is 233 g/mol. The number of halogens is 1. The fraction of sp³-hybridized carbons (Fsp3) is 0.500. The summed E-state index contributed by atoms with van der Waals surface area (Å²) >= 11 is 0. The molecular formula is C14H18FNO2. The summed E-state index contributed by atoms with van der Waals surface area (Å²) in [6.07, 6.45) is 2.98. The van der Waals surface area contributed by atoms with Gasteiger partial charge in [-0.2, -0.15) is 0 Å². The Labute approximate surface area is 107 Å². The van der Waals surface area contributed by atoms with E-state index in [2.05, 4.69) is 6.92 Å². The molecule has 1 saturated heterocycles. The monoisotopic (exact) mass is 251 g/mol. The van der Waals surface area contributed by atoms with Gasteiger partial charge in [-0.1, -0.05) is 13.3 Å². The Morgan fingerprint density at radius 1 is 1.44 bits per heavy atom. The lowest BCUT2D eigenvalue weighted by Crippen LogP contribution is -2.42. The van der Waals surface area contributed by atoms with E-state index in [1.165, 1.54) is 12.1 Å². The maximum Gasteiger partial charge on any atom is 0.256 e. The van der Waals surface area contributed by atoms with Crippen molar-refractivity contribution in [3.8, 4) is 5.75 Å². The van der Waals surface area contributed by atoms with E-state index in [1.807, 2.05) is 0 Å². The summed E-state index contributed by atoms with van der Waals surface area (Å²) < 4.78 is 19.2. The first-order valence-corrected chi connectivity index (χ1v) is 6.44. The average molecular weight is 251 g/mol. The quantitative estimate of drug-likeness (QED) is 0.753. The van der Waals surface area contributed by atoms with Gasteiger partial charge < -0.3 is 9.64 Å². The number of amides is 1. The molecule has 1 aromatic rings. The Bertz CT molecular complexity index is 430. The molecule has 2 rings (SSSR count). The maximum atomic E-state index is 13.8. The van der Waals surface area contributed by atoms with E-state index in [0.29, 0.717) is 12.4 Å². The van der Waals surface area contributed by atoms with E-state index in [-0.39, 0.29) is 11.5 Å². The minimum atomic E-state index is -0.499. The highest BCUT2D eigenvalue weighted by atomic mass is 19.1. The number of rotatable bonds is 5. The molecule has 0 saturated carbocycles. The summed E-state index contributed by atoms with van der Waals surface area (Å²) in [4.78, 5) is 13.5. The van der Waals surface area contributed by atoms with Crippen LogP contribution in [0.4, 0.5) is 4.39 Å². The fourth-order valence-electron chi connectivity index (χ4n) is 1.78. The lowest BCUT2D eigenvalue weighted by molar-refractivity contribution is 0.0647. The van der Waals surface area contributed by atoms with Crippen molar-refractivity contribution in [2.24, 2.45) is 0 Å². The summed E-state index contributed by atoms with van der Waals surface area (Å²) in [5, 5.41) is 0. The molecule has 3 nitrogen and oxygen atoms in total. The first-order chi connectivity index (χ1) is 8.72. The average Bonchev–Trinajstić information content (AvgIpc) is 2.27. The van der Waals surface area contributed by atoms with Gasteiger partial charge >= 0.3 is 0 Å². The fourth-order valence-corrected chi connectivity index (χ4v) is 1.78. The molecule has 0 atom stereocenters. The molecule has 4 heteroatoms. The third-order valence-electron chi connectivity index (χ3n) is 3.08. The summed E-state index contributed by atoms with van der Waals surface area (Å²) in [6, 6.07) is 4.46. The van der Waals surface area contributed by atoms with Crippen LogP contribution < -0.4 is 4.74 Å². The van der Waals surface area contributed by atoms with Gasteiger partial charge in [-0.3, -0.25) is 4.79 Å². The molecule has 1 aliphatic rings. The van der Waals surface area contributed by atoms with Crippen molar-refractivity contribution in [1.82, 2.24) is 4.90 Å². The molecule has 18 heavy (non-hydrogen) atoms. The lowest BCUT2D eigenvalue weighted by atomic mass is 10.1. The third kappa shape index (κ3) is 2.81. The molecule has 0 radical (unpaired) electrons. The number of unbranched alkanes of at least 4 members (excludes halogenated alkanes) is 1. The predicted molar refractivity (Wildman–Crippen MR) is 67.3 cm³/mol. The van der Waals surface area contributed by atoms with Crippen molar-refractivity contribution in [3.05, 3.63) is 29.6 Å². The number of likely N-dealkylation sites (tertiary alicyclic amines) is 1. The van der Waals surface area contributed by atoms with Crippen LogP contribution in [0.2, 0.25) is 0 Å². The van der Waals surface area contributed by atoms with Crippen molar-refractivity contribution < 1.29 is 13.9 Å². The van der Waals surface area contributed by atoms with Gasteiger partial charge in [0.1, 0.15) is 11.6 Å². The highest BCUT2D eigenvalue weighted by molar-refractivity contribution is 5.95. The van der Waals surface area contributed by atoms with Crippen LogP contribution in [0.5, 0.6) is 5.75 Å². The highest BCUT2D eigenvalue weighted by Gasteiger charge is 2.24. The SMILES string of the molecule is CCCCOc1ccc(C(=O)N2CCC2)c(F)c1. The van der Waals surface area contributed by atoms with Gasteiger partial charge in [0.15, 0.2) is 0 Å². The normalized spacial score (nSPS) is 14.2. The van der Waals surface area contributed by atoms with Gasteiger partial charge in [0.2, 0.25) is 0 Å². The van der Waals surface area contributed by atoms with Crippen LogP contribution in [0.3, 0.4) is 0 Å². The van der Waals surface area contributed by atoms with Crippen molar-refractivity contribution in [2.45, 2.75) is 26.2 Å². The predicted octanol–water partition coefficient (Wildman–Crippen LogP) is 2.85. The summed E-state index contributed by atoms with van der Waals surface area (Å²) in [7, 11) is 0. The van der Waals surface area contributed by atoms with E-state index in [9.17, 15) is 9.18 Å². The number of carbonyl (C=O) groups excluding carboxylic acids is 1. The zero-order valence-corrected chi connectivity index (χ0v) is 10.6. The Balaban J connectivity index is 2.02. The molecule has 0 aliphatic carbocycles. The van der Waals surface area contributed by atoms with E-state index in [4.69, 9.17) is 4.74 Å². The van der Waals surface area contributed by atoms with Gasteiger partial charge in [0.05, 0.1) is 12.2 Å². The third-order valence-corrected chi connectivity index (χ3v) is 3.08. The van der Waals surface area contributed by atoms with Crippen LogP contribution in [0.1, 0.15) is 36.5 Å². The van der Waals surface area contributed by atoms with Gasteiger partial charge in [-0.15, -0.1) is 0 Å². The number of nitrogens with zero attached hydrogens (tertiary/aromatic N) is 1. The molecule has 1 aliphatic heterocycles. The molecule has 0 unspecified atom stereocenters. The van der Waals surface area contributed by atoms with Crippen LogP contribution in [0.25, 0.3) is 0 Å². The summed E-state index contributed by atoms with van der Waals surface area (Å²) in [5.41, 5.74) is 0.137. The molecule has 1 aromatic carbocycles. The molecule has 1 heterocycles. The number of hydrogen-bond acceptors (Lipinski definition) is 2. The number of benzene rings is 1. The molecule has 98 valence electrons. The smallest absolute Gasteiger partial charge is 0.256 e. The minimum absolute atomic E-state index is 0.137. The first-order valence-electron chi connectivity index (χ1n) is 6.44. The van der Waals surface area contributed by atoms with Gasteiger partial charge in [0.25, 0.3) is 5.91 Å². The van der Waals surface area contributed by atoms with Crippen LogP contribution in [0.15, 0.2) is 18.2 Å². The number of carbonyl (C=O) groups is 1. The second-order valence-corrected chi connectivity index (χ2v) is 4.49. The molecule has 1 amide bonds. The zero-order chi connectivity index (χ0) is 13.0. The Morgan fingerprint density at radius 3 is 2.78 bits per heavy atom. The Morgan fingerprint density at radius 2 is 2.22 bits per heavy atom. The maximum absolute atomic E-state index is 13.8. The van der Waals surface area contributed by atoms with Crippen molar-refractivity contribution >= 4 is 5.91 Å². The van der Waals surface area contributed by atoms with Gasteiger partial charge in [0, 0.05) is 19.2 Å². The molecule has 0 N–H and O–H groups in total. The van der Waals surface area contributed by atoms with E-state index < -0.39 is 5.82 Å². The summed E-state index contributed by atoms with van der Waals surface area (Å²) in [5.74, 6) is -0.235. The van der Waals surface area contributed by atoms with Crippen LogP contribution in [0, 0.1) is 5.82 Å². The van der Waals surface area contributed by atoms with Crippen LogP contribution >= 0.6 is 0 Å². The second kappa shape index (κ2) is 5.85. The minimum Gasteiger partial charge on any atom is -0.493 e. The van der Waals surface area contributed by atoms with E-state index >= 15 is 0 Å². The number of hydrogen-bond donors (Lipinski definition) is 0. The lowest BCUT2D eigenvalue weighted by Gasteiger charge is -2.31. The Hall–Kier alpha value is -1.58. The topological polar surface area (TPSA) is 29.5 Å². The van der Waals surface area contributed by atoms with Crippen molar-refractivity contribution in [2.75, 3.05) is 19.7 Å². The largest absolute Gasteiger partial charge is 0.493 e. The standard InChI is InChI=1S/C14H18FNO2/c1-2-3-9-18-11-5-6-12(13(15)10-11)14(17)16-7-4-8-16/h5-6,10H,2-4,7-9H2,1H3. The zero-order valence-electron chi connectivity index (χ0n) is 10.6. The molecule has 0 spiro atoms. The first kappa shape index (κ1) is 12.9. The second-order valence-electron chi connectivity index (χ2n) is 4.49. The molecule has 0 bridgehead atoms. The van der Waals surface area contributed by atoms with E-state index in [0.717, 1.165) is 32.4 Å².